The van der Waals surface area contributed by atoms with Crippen molar-refractivity contribution in [1.82, 2.24) is 9.88 Å². The number of rotatable bonds is 8. The second kappa shape index (κ2) is 9.66. The van der Waals surface area contributed by atoms with E-state index >= 15 is 0 Å². The molecule has 1 aromatic carbocycles. The predicted molar refractivity (Wildman–Crippen MR) is 129 cm³/mol. The number of benzene rings is 1. The van der Waals surface area contributed by atoms with Crippen molar-refractivity contribution in [2.75, 3.05) is 38.3 Å². The van der Waals surface area contributed by atoms with E-state index < -0.39 is 33.5 Å². The van der Waals surface area contributed by atoms with Crippen molar-refractivity contribution in [1.29, 1.82) is 0 Å². The van der Waals surface area contributed by atoms with Gasteiger partial charge in [-0.2, -0.15) is 13.2 Å². The molecule has 4 rings (SSSR count). The first-order valence-electron chi connectivity index (χ1n) is 11.4. The van der Waals surface area contributed by atoms with E-state index in [1.807, 2.05) is 19.0 Å². The monoisotopic (exact) mass is 507 g/mol. The Hall–Kier alpha value is -2.85. The Labute approximate surface area is 203 Å². The van der Waals surface area contributed by atoms with Crippen molar-refractivity contribution in [2.24, 2.45) is 0 Å². The largest absolute Gasteiger partial charge is 0.496 e. The highest BCUT2D eigenvalue weighted by molar-refractivity contribution is 7.91. The molecule has 10 heteroatoms. The maximum atomic E-state index is 13.5. The van der Waals surface area contributed by atoms with Crippen molar-refractivity contribution in [3.05, 3.63) is 71.1 Å². The first-order valence-corrected chi connectivity index (χ1v) is 13.0. The highest BCUT2D eigenvalue weighted by atomic mass is 32.2. The highest BCUT2D eigenvalue weighted by Crippen LogP contribution is 2.49. The van der Waals surface area contributed by atoms with Crippen molar-refractivity contribution in [3.8, 4) is 0 Å². The number of sulfone groups is 1. The minimum Gasteiger partial charge on any atom is -0.496 e. The molecule has 188 valence electrons. The molecule has 35 heavy (non-hydrogen) atoms. The number of pyridine rings is 1. The van der Waals surface area contributed by atoms with Crippen molar-refractivity contribution >= 4 is 21.2 Å². The summed E-state index contributed by atoms with van der Waals surface area (Å²) in [6.07, 6.45) is 0.684. The Balaban J connectivity index is 1.76. The van der Waals surface area contributed by atoms with E-state index in [0.29, 0.717) is 34.9 Å². The lowest BCUT2D eigenvalue weighted by molar-refractivity contribution is -0.137. The van der Waals surface area contributed by atoms with E-state index in [1.165, 1.54) is 6.07 Å². The standard InChI is InChI=1S/C25H28F3N3O3S/c1-4-35(32,33)18-8-5-7-16(13-18)19-9-10-21(34-12-6-11-31(2)3)23-22(19)20-14-17(25(26,27)28)15-29-24(20)30-23/h5,7-10,13-15,22-23H,4,6,11-12H2,1-3H3,(H,29,30). The molecule has 1 aromatic heterocycles. The van der Waals surface area contributed by atoms with Crippen LogP contribution in [0.1, 0.15) is 36.0 Å². The lowest BCUT2D eigenvalue weighted by Gasteiger charge is -2.29. The van der Waals surface area contributed by atoms with Crippen molar-refractivity contribution in [2.45, 2.75) is 36.4 Å². The number of hydrogen-bond donors (Lipinski definition) is 1. The number of anilines is 1. The highest BCUT2D eigenvalue weighted by Gasteiger charge is 2.43. The van der Waals surface area contributed by atoms with Gasteiger partial charge in [-0.25, -0.2) is 13.4 Å². The van der Waals surface area contributed by atoms with Gasteiger partial charge in [-0.05, 0) is 55.9 Å². The number of halogens is 3. The fourth-order valence-electron chi connectivity index (χ4n) is 4.39. The minimum absolute atomic E-state index is 0.0460. The topological polar surface area (TPSA) is 71.5 Å². The van der Waals surface area contributed by atoms with Crippen LogP contribution in [0.2, 0.25) is 0 Å². The fourth-order valence-corrected chi connectivity index (χ4v) is 5.31. The molecular weight excluding hydrogens is 479 g/mol. The van der Waals surface area contributed by atoms with Gasteiger partial charge in [0, 0.05) is 24.2 Å². The summed E-state index contributed by atoms with van der Waals surface area (Å²) in [5.74, 6) is 0.408. The Kier molecular flexibility index (Phi) is 6.97. The summed E-state index contributed by atoms with van der Waals surface area (Å²) in [4.78, 5) is 6.28. The summed E-state index contributed by atoms with van der Waals surface area (Å²) in [5.41, 5.74) is 0.909. The van der Waals surface area contributed by atoms with Crippen LogP contribution in [0.4, 0.5) is 19.0 Å². The van der Waals surface area contributed by atoms with Crippen molar-refractivity contribution in [3.63, 3.8) is 0 Å². The van der Waals surface area contributed by atoms with Crippen LogP contribution in [0.25, 0.3) is 5.57 Å². The summed E-state index contributed by atoms with van der Waals surface area (Å²) < 4.78 is 71.4. The molecule has 1 aliphatic heterocycles. The maximum absolute atomic E-state index is 13.5. The lowest BCUT2D eigenvalue weighted by Crippen LogP contribution is -2.28. The van der Waals surface area contributed by atoms with Gasteiger partial charge in [0.05, 0.1) is 28.9 Å². The van der Waals surface area contributed by atoms with Crippen LogP contribution in [0.15, 0.2) is 59.3 Å². The third kappa shape index (κ3) is 5.23. The van der Waals surface area contributed by atoms with Gasteiger partial charge in [-0.3, -0.25) is 0 Å². The molecule has 0 saturated heterocycles. The zero-order valence-electron chi connectivity index (χ0n) is 19.8. The predicted octanol–water partition coefficient (Wildman–Crippen LogP) is 4.72. The Morgan fingerprint density at radius 3 is 2.63 bits per heavy atom. The van der Waals surface area contributed by atoms with Crippen LogP contribution < -0.4 is 5.32 Å². The summed E-state index contributed by atoms with van der Waals surface area (Å²) in [7, 11) is 0.489. The van der Waals surface area contributed by atoms with E-state index in [1.54, 1.807) is 37.3 Å². The van der Waals surface area contributed by atoms with Gasteiger partial charge < -0.3 is 15.0 Å². The van der Waals surface area contributed by atoms with E-state index in [-0.39, 0.29) is 10.6 Å². The number of aromatic nitrogens is 1. The third-order valence-electron chi connectivity index (χ3n) is 6.20. The molecule has 0 amide bonds. The average Bonchev–Trinajstić information content (AvgIpc) is 3.20. The zero-order valence-corrected chi connectivity index (χ0v) is 20.6. The number of hydrogen-bond acceptors (Lipinski definition) is 6. The van der Waals surface area contributed by atoms with Gasteiger partial charge in [0.15, 0.2) is 9.84 Å². The van der Waals surface area contributed by atoms with E-state index in [2.05, 4.69) is 10.3 Å². The first-order chi connectivity index (χ1) is 16.5. The second-order valence-electron chi connectivity index (χ2n) is 8.89. The number of alkyl halides is 3. The molecule has 1 N–H and O–H groups in total. The first kappa shape index (κ1) is 25.2. The van der Waals surface area contributed by atoms with Gasteiger partial charge in [0.2, 0.25) is 0 Å². The maximum Gasteiger partial charge on any atom is 0.417 e. The molecule has 6 nitrogen and oxygen atoms in total. The molecular formula is C25H28F3N3O3S. The van der Waals surface area contributed by atoms with Crippen LogP contribution >= 0.6 is 0 Å². The van der Waals surface area contributed by atoms with E-state index in [0.717, 1.165) is 25.2 Å². The Morgan fingerprint density at radius 2 is 1.94 bits per heavy atom. The number of ether oxygens (including phenoxy) is 1. The van der Waals surface area contributed by atoms with Gasteiger partial charge in [0.25, 0.3) is 0 Å². The number of nitrogens with one attached hydrogen (secondary N) is 1. The Morgan fingerprint density at radius 1 is 1.17 bits per heavy atom. The van der Waals surface area contributed by atoms with Crippen LogP contribution in [0.3, 0.4) is 0 Å². The summed E-state index contributed by atoms with van der Waals surface area (Å²) in [6.45, 7) is 2.87. The molecule has 2 heterocycles. The smallest absolute Gasteiger partial charge is 0.417 e. The number of fused-ring (bicyclic) bond motifs is 3. The fraction of sp³-hybridized carbons (Fsp3) is 0.400. The molecule has 1 aliphatic carbocycles. The van der Waals surface area contributed by atoms with Gasteiger partial charge >= 0.3 is 6.18 Å². The minimum atomic E-state index is -4.53. The van der Waals surface area contributed by atoms with Crippen LogP contribution in [-0.2, 0) is 20.8 Å². The summed E-state index contributed by atoms with van der Waals surface area (Å²) in [5, 5.41) is 3.23. The SMILES string of the molecule is CCS(=O)(=O)c1cccc(C2=CC=C(OCCCN(C)C)C3Nc4ncc(C(F)(F)F)cc4C23)c1. The van der Waals surface area contributed by atoms with Crippen molar-refractivity contribution < 1.29 is 26.3 Å². The molecule has 0 bridgehead atoms. The van der Waals surface area contributed by atoms with Gasteiger partial charge in [-0.15, -0.1) is 0 Å². The van der Waals surface area contributed by atoms with E-state index in [4.69, 9.17) is 4.74 Å². The molecule has 0 radical (unpaired) electrons. The average molecular weight is 508 g/mol. The molecule has 0 spiro atoms. The number of nitrogens with zero attached hydrogens (tertiary/aromatic N) is 2. The molecule has 2 aromatic rings. The van der Waals surface area contributed by atoms with Gasteiger partial charge in [0.1, 0.15) is 11.6 Å². The van der Waals surface area contributed by atoms with Gasteiger partial charge in [-0.1, -0.05) is 25.1 Å². The molecule has 0 fully saturated rings. The molecule has 2 atom stereocenters. The third-order valence-corrected chi connectivity index (χ3v) is 7.93. The van der Waals surface area contributed by atoms with E-state index in [9.17, 15) is 21.6 Å². The second-order valence-corrected chi connectivity index (χ2v) is 11.2. The molecule has 0 saturated carbocycles. The van der Waals surface area contributed by atoms with Crippen LogP contribution in [0, 0.1) is 0 Å². The molecule has 2 aliphatic rings. The lowest BCUT2D eigenvalue weighted by atomic mass is 9.80. The quantitative estimate of drug-likeness (QED) is 0.522. The van der Waals surface area contributed by atoms with Crippen LogP contribution in [-0.4, -0.2) is 57.3 Å². The van der Waals surface area contributed by atoms with Crippen LogP contribution in [0.5, 0.6) is 0 Å². The summed E-state index contributed by atoms with van der Waals surface area (Å²) in [6, 6.07) is 7.20. The Bertz CT molecular complexity index is 1270. The molecule has 2 unspecified atom stereocenters. The zero-order chi connectivity index (χ0) is 25.4. The summed E-state index contributed by atoms with van der Waals surface area (Å²) >= 11 is 0. The number of allylic oxidation sites excluding steroid dienone is 2. The normalized spacial score (nSPS) is 19.5.